The van der Waals surface area contributed by atoms with Crippen molar-refractivity contribution >= 4 is 63.1 Å². The normalized spacial score (nSPS) is 12.0. The van der Waals surface area contributed by atoms with Crippen LogP contribution in [0.1, 0.15) is 0 Å². The van der Waals surface area contributed by atoms with Crippen molar-refractivity contribution < 1.29 is 0 Å². The van der Waals surface area contributed by atoms with Crippen LogP contribution >= 0.6 is 20.7 Å². The molecule has 94 valence electrons. The van der Waals surface area contributed by atoms with Crippen molar-refractivity contribution in [2.45, 2.75) is 0 Å². The third kappa shape index (κ3) is 1.46. The smallest absolute Gasteiger partial charge is 0.0464 e. The van der Waals surface area contributed by atoms with Gasteiger partial charge in [0.2, 0.25) is 0 Å². The van der Waals surface area contributed by atoms with Gasteiger partial charge in [0.25, 0.3) is 0 Å². The van der Waals surface area contributed by atoms with E-state index in [1.165, 1.54) is 42.4 Å². The minimum Gasteiger partial charge on any atom is -0.0874 e. The van der Waals surface area contributed by atoms with E-state index in [0.29, 0.717) is 0 Å². The first-order valence-corrected chi connectivity index (χ1v) is 8.82. The molecule has 0 N–H and O–H groups in total. The monoisotopic (exact) mass is 290 g/mol. The molecule has 0 aliphatic rings. The van der Waals surface area contributed by atoms with E-state index in [2.05, 4.69) is 60.0 Å². The molecule has 4 aromatic carbocycles. The Morgan fingerprint density at radius 3 is 1.80 bits per heavy atom. The Bertz CT molecular complexity index is 926. The fourth-order valence-corrected chi connectivity index (χ4v) is 5.08. The van der Waals surface area contributed by atoms with Crippen molar-refractivity contribution in [3.8, 4) is 0 Å². The molecule has 0 fully saturated rings. The van der Waals surface area contributed by atoms with Crippen LogP contribution in [0.5, 0.6) is 0 Å². The lowest BCUT2D eigenvalue weighted by Gasteiger charge is -2.04. The van der Waals surface area contributed by atoms with Gasteiger partial charge in [-0.2, -0.15) is 0 Å². The van der Waals surface area contributed by atoms with E-state index < -0.39 is 0 Å². The second-order valence-corrected chi connectivity index (χ2v) is 7.35. The third-order valence-corrected chi connectivity index (χ3v) is 6.09. The van der Waals surface area contributed by atoms with Crippen molar-refractivity contribution in [3.63, 3.8) is 0 Å². The predicted molar refractivity (Wildman–Crippen MR) is 92.2 cm³/mol. The molecule has 2 heteroatoms. The minimum atomic E-state index is 1.33. The molecule has 0 aliphatic carbocycles. The van der Waals surface area contributed by atoms with Crippen LogP contribution in [0.4, 0.5) is 0 Å². The van der Waals surface area contributed by atoms with E-state index in [-0.39, 0.29) is 0 Å². The van der Waals surface area contributed by atoms with Crippen molar-refractivity contribution in [2.24, 2.45) is 0 Å². The van der Waals surface area contributed by atoms with Crippen LogP contribution in [0.15, 0.2) is 60.0 Å². The molecule has 0 nitrogen and oxygen atoms in total. The molecule has 0 saturated carbocycles. The lowest BCUT2D eigenvalue weighted by Crippen LogP contribution is -1.77. The average Bonchev–Trinajstić information content (AvgIpc) is 3.07. The van der Waals surface area contributed by atoms with Crippen LogP contribution in [-0.2, 0) is 0 Å². The molecular weight excluding hydrogens is 280 g/mol. The number of rotatable bonds is 0. The maximum absolute atomic E-state index is 2.32. The van der Waals surface area contributed by atoms with Crippen molar-refractivity contribution in [2.75, 3.05) is 0 Å². The molecule has 0 amide bonds. The Morgan fingerprint density at radius 1 is 0.550 bits per heavy atom. The highest BCUT2D eigenvalue weighted by Gasteiger charge is 2.04. The Labute approximate surface area is 123 Å². The summed E-state index contributed by atoms with van der Waals surface area (Å²) < 4.78 is 1.39. The molecule has 0 bridgehead atoms. The summed E-state index contributed by atoms with van der Waals surface area (Å²) in [4.78, 5) is 0. The molecule has 0 unspecified atom stereocenters. The van der Waals surface area contributed by atoms with Gasteiger partial charge in [0.15, 0.2) is 0 Å². The lowest BCUT2D eigenvalue weighted by atomic mass is 10.0. The summed E-state index contributed by atoms with van der Waals surface area (Å²) in [5.41, 5.74) is 0. The van der Waals surface area contributed by atoms with Crippen LogP contribution < -0.4 is 0 Å². The van der Waals surface area contributed by atoms with Crippen molar-refractivity contribution in [1.29, 1.82) is 0 Å². The largest absolute Gasteiger partial charge is 0.0874 e. The highest BCUT2D eigenvalue weighted by atomic mass is 32.9. The summed E-state index contributed by atoms with van der Waals surface area (Å²) in [6, 6.07) is 20.4. The highest BCUT2D eigenvalue weighted by Crippen LogP contribution is 2.33. The molecule has 1 heterocycles. The minimum absolute atomic E-state index is 1.33. The molecule has 0 spiro atoms. The van der Waals surface area contributed by atoms with Gasteiger partial charge in [0.05, 0.1) is 0 Å². The number of fused-ring (bicyclic) bond motifs is 4. The molecule has 0 saturated heterocycles. The Kier molecular flexibility index (Phi) is 2.07. The van der Waals surface area contributed by atoms with E-state index in [1.54, 1.807) is 0 Å². The van der Waals surface area contributed by atoms with Gasteiger partial charge in [-0.1, -0.05) is 38.9 Å². The topological polar surface area (TPSA) is 0 Å². The van der Waals surface area contributed by atoms with Crippen LogP contribution in [0.2, 0.25) is 0 Å². The molecule has 5 rings (SSSR count). The van der Waals surface area contributed by atoms with Gasteiger partial charge in [-0.25, -0.2) is 0 Å². The molecule has 0 aliphatic heterocycles. The van der Waals surface area contributed by atoms with Crippen LogP contribution in [0, 0.1) is 0 Å². The van der Waals surface area contributed by atoms with Gasteiger partial charge >= 0.3 is 0 Å². The zero-order valence-electron chi connectivity index (χ0n) is 10.6. The summed E-state index contributed by atoms with van der Waals surface area (Å²) >= 11 is 0. The molecule has 5 aromatic rings. The SMILES string of the molecule is c1cc2cc3cc4cc5cssc5cc4cc3cc2c1. The van der Waals surface area contributed by atoms with E-state index in [9.17, 15) is 0 Å². The van der Waals surface area contributed by atoms with Gasteiger partial charge in [-0.15, -0.1) is 0 Å². The number of benzene rings is 3. The third-order valence-electron chi connectivity index (χ3n) is 3.99. The summed E-state index contributed by atoms with van der Waals surface area (Å²) in [7, 11) is 3.67. The summed E-state index contributed by atoms with van der Waals surface area (Å²) in [6.45, 7) is 0. The molecule has 1 aromatic heterocycles. The first-order chi connectivity index (χ1) is 9.87. The van der Waals surface area contributed by atoms with Gasteiger partial charge in [0.1, 0.15) is 0 Å². The van der Waals surface area contributed by atoms with E-state index in [1.807, 2.05) is 20.7 Å². The zero-order chi connectivity index (χ0) is 13.1. The maximum Gasteiger partial charge on any atom is 0.0464 e. The molecular formula is C18H10S2. The van der Waals surface area contributed by atoms with Crippen molar-refractivity contribution in [1.82, 2.24) is 0 Å². The first kappa shape index (κ1) is 10.8. The van der Waals surface area contributed by atoms with E-state index >= 15 is 0 Å². The average molecular weight is 290 g/mol. The fourth-order valence-electron chi connectivity index (χ4n) is 2.97. The summed E-state index contributed by atoms with van der Waals surface area (Å²) in [5, 5.41) is 11.6. The fraction of sp³-hybridized carbons (Fsp3) is 0. The van der Waals surface area contributed by atoms with Gasteiger partial charge in [-0.3, -0.25) is 0 Å². The van der Waals surface area contributed by atoms with Crippen LogP contribution in [0.3, 0.4) is 0 Å². The maximum atomic E-state index is 2.32. The van der Waals surface area contributed by atoms with Gasteiger partial charge < -0.3 is 0 Å². The van der Waals surface area contributed by atoms with Crippen LogP contribution in [0.25, 0.3) is 42.4 Å². The molecule has 20 heavy (non-hydrogen) atoms. The molecule has 0 radical (unpaired) electrons. The highest BCUT2D eigenvalue weighted by molar-refractivity contribution is 7.71. The number of hydrogen-bond acceptors (Lipinski definition) is 2. The van der Waals surface area contributed by atoms with E-state index in [0.717, 1.165) is 0 Å². The first-order valence-electron chi connectivity index (χ1n) is 6.60. The Balaban J connectivity index is 1.98. The van der Waals surface area contributed by atoms with Gasteiger partial charge in [0, 0.05) is 15.5 Å². The zero-order valence-corrected chi connectivity index (χ0v) is 12.2. The standard InChI is InChI=1S/C18H10S2/c1-2-11-4-13-6-15-8-17-10-19-20-18(17)9-16(15)7-14(13)5-12(11)3-1/h1-10H. The Morgan fingerprint density at radius 2 is 1.10 bits per heavy atom. The Hall–Kier alpha value is -1.90. The van der Waals surface area contributed by atoms with Crippen LogP contribution in [-0.4, -0.2) is 0 Å². The lowest BCUT2D eigenvalue weighted by molar-refractivity contribution is 1.89. The quantitative estimate of drug-likeness (QED) is 0.228. The summed E-state index contributed by atoms with van der Waals surface area (Å²) in [5.74, 6) is 0. The second kappa shape index (κ2) is 3.81. The van der Waals surface area contributed by atoms with E-state index in [4.69, 9.17) is 0 Å². The predicted octanol–water partition coefficient (Wildman–Crippen LogP) is 6.42. The summed E-state index contributed by atoms with van der Waals surface area (Å²) in [6.07, 6.45) is 0. The van der Waals surface area contributed by atoms with Gasteiger partial charge in [-0.05, 0) is 68.7 Å². The second-order valence-electron chi connectivity index (χ2n) is 5.24. The van der Waals surface area contributed by atoms with Crippen molar-refractivity contribution in [3.05, 3.63) is 60.0 Å². The number of hydrogen-bond donors (Lipinski definition) is 0. The molecule has 0 atom stereocenters.